The van der Waals surface area contributed by atoms with Crippen molar-refractivity contribution < 1.29 is 9.47 Å². The lowest BCUT2D eigenvalue weighted by Crippen LogP contribution is -2.32. The fourth-order valence-corrected chi connectivity index (χ4v) is 4.66. The molecule has 3 aromatic heterocycles. The topological polar surface area (TPSA) is 63.3 Å². The Hall–Kier alpha value is -3.38. The second kappa shape index (κ2) is 9.24. The van der Waals surface area contributed by atoms with Crippen LogP contribution in [0.2, 0.25) is 0 Å². The van der Waals surface area contributed by atoms with Crippen molar-refractivity contribution in [2.45, 2.75) is 32.2 Å². The van der Waals surface area contributed by atoms with E-state index < -0.39 is 0 Å². The number of rotatable bonds is 6. The van der Waals surface area contributed by atoms with Crippen LogP contribution < -0.4 is 9.47 Å². The fourth-order valence-electron chi connectivity index (χ4n) is 4.66. The quantitative estimate of drug-likeness (QED) is 0.437. The Morgan fingerprint density at radius 1 is 0.939 bits per heavy atom. The molecule has 0 amide bonds. The minimum Gasteiger partial charge on any atom is -0.493 e. The van der Waals surface area contributed by atoms with Crippen molar-refractivity contribution in [3.8, 4) is 22.8 Å². The number of fused-ring (bicyclic) bond motifs is 1. The van der Waals surface area contributed by atoms with E-state index in [-0.39, 0.29) is 0 Å². The smallest absolute Gasteiger partial charge is 0.161 e. The van der Waals surface area contributed by atoms with Crippen molar-refractivity contribution in [2.24, 2.45) is 0 Å². The van der Waals surface area contributed by atoms with Crippen LogP contribution in [0, 0.1) is 6.92 Å². The van der Waals surface area contributed by atoms with E-state index in [1.807, 2.05) is 37.5 Å². The molecule has 0 bridgehead atoms. The number of aromatic nitrogens is 3. The van der Waals surface area contributed by atoms with Crippen molar-refractivity contribution in [3.63, 3.8) is 0 Å². The molecule has 0 saturated carbocycles. The third kappa shape index (κ3) is 4.57. The highest BCUT2D eigenvalue weighted by molar-refractivity contribution is 5.85. The number of nitrogens with zero attached hydrogens (tertiary/aromatic N) is 3. The second-order valence-corrected chi connectivity index (χ2v) is 8.81. The summed E-state index contributed by atoms with van der Waals surface area (Å²) in [5.74, 6) is 1.95. The molecule has 4 aromatic rings. The molecule has 0 atom stereocenters. The molecule has 1 fully saturated rings. The lowest BCUT2D eigenvalue weighted by molar-refractivity contribution is 0.203. The van der Waals surface area contributed by atoms with Gasteiger partial charge in [-0.15, -0.1) is 0 Å². The Morgan fingerprint density at radius 3 is 2.48 bits per heavy atom. The number of hydrogen-bond acceptors (Lipinski definition) is 5. The maximum absolute atomic E-state index is 5.46. The number of aryl methyl sites for hydroxylation is 1. The molecular weight excluding hydrogens is 412 g/mol. The molecule has 0 radical (unpaired) electrons. The van der Waals surface area contributed by atoms with Gasteiger partial charge in [0.2, 0.25) is 0 Å². The maximum atomic E-state index is 5.46. The van der Waals surface area contributed by atoms with Gasteiger partial charge < -0.3 is 14.5 Å². The first-order valence-corrected chi connectivity index (χ1v) is 11.5. The van der Waals surface area contributed by atoms with Gasteiger partial charge >= 0.3 is 0 Å². The van der Waals surface area contributed by atoms with E-state index >= 15 is 0 Å². The molecule has 4 heterocycles. The summed E-state index contributed by atoms with van der Waals surface area (Å²) < 4.78 is 10.8. The summed E-state index contributed by atoms with van der Waals surface area (Å²) in [6, 6.07) is 14.6. The van der Waals surface area contributed by atoms with Gasteiger partial charge in [0.15, 0.2) is 11.5 Å². The average Bonchev–Trinajstić information content (AvgIpc) is 3.29. The lowest BCUT2D eigenvalue weighted by atomic mass is 9.92. The monoisotopic (exact) mass is 442 g/mol. The van der Waals surface area contributed by atoms with Gasteiger partial charge in [0.1, 0.15) is 0 Å². The van der Waals surface area contributed by atoms with Gasteiger partial charge in [0, 0.05) is 58.4 Å². The lowest BCUT2D eigenvalue weighted by Gasteiger charge is -2.31. The van der Waals surface area contributed by atoms with Crippen molar-refractivity contribution >= 4 is 10.9 Å². The highest BCUT2D eigenvalue weighted by Crippen LogP contribution is 2.34. The first-order chi connectivity index (χ1) is 16.1. The van der Waals surface area contributed by atoms with Gasteiger partial charge in [-0.3, -0.25) is 14.9 Å². The van der Waals surface area contributed by atoms with Crippen LogP contribution in [-0.4, -0.2) is 47.2 Å². The Balaban J connectivity index is 1.29. The summed E-state index contributed by atoms with van der Waals surface area (Å²) >= 11 is 0. The predicted octanol–water partition coefficient (Wildman–Crippen LogP) is 5.33. The van der Waals surface area contributed by atoms with Crippen LogP contribution in [0.15, 0.2) is 54.9 Å². The second-order valence-electron chi connectivity index (χ2n) is 8.81. The van der Waals surface area contributed by atoms with Crippen LogP contribution in [-0.2, 0) is 6.54 Å². The van der Waals surface area contributed by atoms with E-state index in [0.29, 0.717) is 5.92 Å². The van der Waals surface area contributed by atoms with Gasteiger partial charge in [-0.1, -0.05) is 6.07 Å². The average molecular weight is 443 g/mol. The first kappa shape index (κ1) is 21.5. The molecule has 0 spiro atoms. The zero-order chi connectivity index (χ0) is 22.8. The Morgan fingerprint density at radius 2 is 1.76 bits per heavy atom. The highest BCUT2D eigenvalue weighted by atomic mass is 16.5. The number of piperidine rings is 1. The summed E-state index contributed by atoms with van der Waals surface area (Å²) in [6.45, 7) is 5.16. The SMILES string of the molecule is COc1ccc(-c2cc3cnc(C4CCN(Cc5ccc(C)nc5)CC4)cc3[nH]2)cc1OC. The minimum absolute atomic E-state index is 0.495. The van der Waals surface area contributed by atoms with Gasteiger partial charge in [0.05, 0.1) is 14.2 Å². The number of ether oxygens (including phenoxy) is 2. The number of aromatic amines is 1. The molecule has 0 aliphatic carbocycles. The molecule has 5 rings (SSSR count). The molecular formula is C27H30N4O2. The maximum Gasteiger partial charge on any atom is 0.161 e. The van der Waals surface area contributed by atoms with Crippen LogP contribution in [0.25, 0.3) is 22.2 Å². The van der Waals surface area contributed by atoms with E-state index in [2.05, 4.69) is 39.1 Å². The summed E-state index contributed by atoms with van der Waals surface area (Å²) in [5, 5.41) is 1.12. The normalized spacial score (nSPS) is 15.1. The Labute approximate surface area is 194 Å². The zero-order valence-corrected chi connectivity index (χ0v) is 19.5. The molecule has 1 saturated heterocycles. The summed E-state index contributed by atoms with van der Waals surface area (Å²) in [4.78, 5) is 15.3. The number of hydrogen-bond donors (Lipinski definition) is 1. The molecule has 6 heteroatoms. The fraction of sp³-hybridized carbons (Fsp3) is 0.333. The summed E-state index contributed by atoms with van der Waals surface area (Å²) in [6.07, 6.45) is 6.25. The van der Waals surface area contributed by atoms with Crippen LogP contribution in [0.4, 0.5) is 0 Å². The van der Waals surface area contributed by atoms with Gasteiger partial charge in [-0.2, -0.15) is 0 Å². The predicted molar refractivity (Wildman–Crippen MR) is 131 cm³/mol. The van der Waals surface area contributed by atoms with E-state index in [1.54, 1.807) is 14.2 Å². The summed E-state index contributed by atoms with van der Waals surface area (Å²) in [5.41, 5.74) is 6.76. The first-order valence-electron chi connectivity index (χ1n) is 11.5. The van der Waals surface area contributed by atoms with Crippen molar-refractivity contribution in [1.29, 1.82) is 0 Å². The molecule has 33 heavy (non-hydrogen) atoms. The number of likely N-dealkylation sites (tertiary alicyclic amines) is 1. The summed E-state index contributed by atoms with van der Waals surface area (Å²) in [7, 11) is 3.31. The van der Waals surface area contributed by atoms with Crippen molar-refractivity contribution in [3.05, 3.63) is 71.8 Å². The van der Waals surface area contributed by atoms with Crippen LogP contribution in [0.5, 0.6) is 11.5 Å². The van der Waals surface area contributed by atoms with Crippen molar-refractivity contribution in [1.82, 2.24) is 19.9 Å². The number of pyridine rings is 2. The number of methoxy groups -OCH3 is 2. The van der Waals surface area contributed by atoms with Gasteiger partial charge in [-0.25, -0.2) is 0 Å². The Kier molecular flexibility index (Phi) is 6.01. The molecule has 1 aliphatic heterocycles. The minimum atomic E-state index is 0.495. The van der Waals surface area contributed by atoms with Crippen LogP contribution in [0.1, 0.15) is 35.7 Å². The molecule has 0 unspecified atom stereocenters. The number of nitrogens with one attached hydrogen (secondary N) is 1. The largest absolute Gasteiger partial charge is 0.493 e. The third-order valence-electron chi connectivity index (χ3n) is 6.60. The van der Waals surface area contributed by atoms with Crippen molar-refractivity contribution in [2.75, 3.05) is 27.3 Å². The van der Waals surface area contributed by atoms with Crippen LogP contribution >= 0.6 is 0 Å². The molecule has 1 aromatic carbocycles. The van der Waals surface area contributed by atoms with E-state index in [0.717, 1.165) is 71.8 Å². The molecule has 1 N–H and O–H groups in total. The van der Waals surface area contributed by atoms with E-state index in [9.17, 15) is 0 Å². The molecule has 1 aliphatic rings. The zero-order valence-electron chi connectivity index (χ0n) is 19.5. The van der Waals surface area contributed by atoms with Gasteiger partial charge in [0.25, 0.3) is 0 Å². The van der Waals surface area contributed by atoms with E-state index in [4.69, 9.17) is 14.5 Å². The Bertz CT molecular complexity index is 1240. The molecule has 170 valence electrons. The van der Waals surface area contributed by atoms with E-state index in [1.165, 1.54) is 11.3 Å². The van der Waals surface area contributed by atoms with Gasteiger partial charge in [-0.05, 0) is 74.8 Å². The number of benzene rings is 1. The molecule has 6 nitrogen and oxygen atoms in total. The standard InChI is InChI=1S/C27H30N4O2/c1-18-4-5-19(15-28-18)17-31-10-8-20(9-11-31)23-14-25-22(16-29-23)12-24(30-25)21-6-7-26(32-2)27(13-21)33-3/h4-7,12-16,20,30H,8-11,17H2,1-3H3. The third-order valence-corrected chi connectivity index (χ3v) is 6.60. The highest BCUT2D eigenvalue weighted by Gasteiger charge is 2.22. The van der Waals surface area contributed by atoms with Crippen LogP contribution in [0.3, 0.4) is 0 Å². The number of H-pyrrole nitrogens is 1.